The topological polar surface area (TPSA) is 101 Å². The number of hydrogen-bond donors (Lipinski definition) is 2. The predicted molar refractivity (Wildman–Crippen MR) is 93.7 cm³/mol. The number of anilines is 1. The number of nitrogens with one attached hydrogen (secondary N) is 2. The molecule has 0 unspecified atom stereocenters. The SMILES string of the molecule is CCC[C@H](C)NS(=O)(=O)c1nnc(NC(=O)c2ccccc2C)s1. The maximum atomic E-state index is 12.2. The minimum absolute atomic E-state index is 0.145. The molecular formula is C15H20N4O3S2. The van der Waals surface area contributed by atoms with Gasteiger partial charge in [0.15, 0.2) is 0 Å². The van der Waals surface area contributed by atoms with E-state index in [1.54, 1.807) is 19.1 Å². The zero-order valence-electron chi connectivity index (χ0n) is 13.7. The zero-order valence-corrected chi connectivity index (χ0v) is 15.4. The van der Waals surface area contributed by atoms with Gasteiger partial charge in [-0.25, -0.2) is 13.1 Å². The fraction of sp³-hybridized carbons (Fsp3) is 0.400. The van der Waals surface area contributed by atoms with Crippen molar-refractivity contribution < 1.29 is 13.2 Å². The number of carbonyl (C=O) groups excluding carboxylic acids is 1. The molecule has 0 aliphatic rings. The summed E-state index contributed by atoms with van der Waals surface area (Å²) in [6.45, 7) is 5.60. The third-order valence-electron chi connectivity index (χ3n) is 3.32. The average molecular weight is 368 g/mol. The van der Waals surface area contributed by atoms with E-state index in [0.717, 1.165) is 29.7 Å². The van der Waals surface area contributed by atoms with Gasteiger partial charge in [-0.05, 0) is 31.9 Å². The molecule has 0 saturated carbocycles. The van der Waals surface area contributed by atoms with E-state index in [0.29, 0.717) is 5.56 Å². The van der Waals surface area contributed by atoms with E-state index in [-0.39, 0.29) is 21.4 Å². The third-order valence-corrected chi connectivity index (χ3v) is 6.12. The lowest BCUT2D eigenvalue weighted by atomic mass is 10.1. The van der Waals surface area contributed by atoms with Crippen LogP contribution in [0.15, 0.2) is 28.6 Å². The lowest BCUT2D eigenvalue weighted by Gasteiger charge is -2.10. The molecule has 0 bridgehead atoms. The Kier molecular flexibility index (Phi) is 6.03. The van der Waals surface area contributed by atoms with Gasteiger partial charge in [-0.1, -0.05) is 42.9 Å². The Balaban J connectivity index is 2.10. The number of carbonyl (C=O) groups is 1. The second-order valence-electron chi connectivity index (χ2n) is 5.45. The van der Waals surface area contributed by atoms with Gasteiger partial charge in [0.2, 0.25) is 9.47 Å². The highest BCUT2D eigenvalue weighted by Crippen LogP contribution is 2.21. The molecule has 2 aromatic rings. The van der Waals surface area contributed by atoms with Crippen molar-refractivity contribution in [3.8, 4) is 0 Å². The van der Waals surface area contributed by atoms with Crippen LogP contribution in [-0.2, 0) is 10.0 Å². The molecule has 1 aromatic heterocycles. The molecule has 130 valence electrons. The van der Waals surface area contributed by atoms with Crippen LogP contribution in [0.4, 0.5) is 5.13 Å². The Morgan fingerprint density at radius 1 is 1.29 bits per heavy atom. The first-order valence-electron chi connectivity index (χ1n) is 7.56. The second-order valence-corrected chi connectivity index (χ2v) is 8.32. The maximum absolute atomic E-state index is 12.2. The number of benzene rings is 1. The molecule has 0 fully saturated rings. The Morgan fingerprint density at radius 2 is 2.00 bits per heavy atom. The number of aryl methyl sites for hydroxylation is 1. The van der Waals surface area contributed by atoms with Gasteiger partial charge in [0.1, 0.15) is 0 Å². The van der Waals surface area contributed by atoms with Crippen molar-refractivity contribution in [1.82, 2.24) is 14.9 Å². The summed E-state index contributed by atoms with van der Waals surface area (Å²) in [6, 6.07) is 6.93. The smallest absolute Gasteiger partial charge is 0.270 e. The van der Waals surface area contributed by atoms with Gasteiger partial charge in [-0.2, -0.15) is 0 Å². The van der Waals surface area contributed by atoms with Crippen molar-refractivity contribution in [1.29, 1.82) is 0 Å². The summed E-state index contributed by atoms with van der Waals surface area (Å²) in [5.74, 6) is -0.347. The number of nitrogens with zero attached hydrogens (tertiary/aromatic N) is 2. The van der Waals surface area contributed by atoms with E-state index >= 15 is 0 Å². The molecule has 9 heteroatoms. The van der Waals surface area contributed by atoms with Crippen LogP contribution in [0.2, 0.25) is 0 Å². The van der Waals surface area contributed by atoms with Crippen molar-refractivity contribution in [3.05, 3.63) is 35.4 Å². The lowest BCUT2D eigenvalue weighted by Crippen LogP contribution is -2.32. The Bertz CT molecular complexity index is 818. The molecule has 24 heavy (non-hydrogen) atoms. The highest BCUT2D eigenvalue weighted by molar-refractivity contribution is 7.91. The monoisotopic (exact) mass is 368 g/mol. The second kappa shape index (κ2) is 7.82. The van der Waals surface area contributed by atoms with Crippen LogP contribution in [0.25, 0.3) is 0 Å². The predicted octanol–water partition coefficient (Wildman–Crippen LogP) is 2.57. The minimum Gasteiger partial charge on any atom is -0.296 e. The van der Waals surface area contributed by atoms with Crippen LogP contribution in [0, 0.1) is 6.92 Å². The van der Waals surface area contributed by atoms with Crippen LogP contribution in [0.1, 0.15) is 42.6 Å². The minimum atomic E-state index is -3.73. The molecule has 1 aromatic carbocycles. The summed E-state index contributed by atoms with van der Waals surface area (Å²) in [6.07, 6.45) is 1.60. The average Bonchev–Trinajstić information content (AvgIpc) is 2.96. The zero-order chi connectivity index (χ0) is 17.7. The first-order chi connectivity index (χ1) is 11.3. The highest BCUT2D eigenvalue weighted by atomic mass is 32.2. The van der Waals surface area contributed by atoms with Gasteiger partial charge in [-0.15, -0.1) is 10.2 Å². The van der Waals surface area contributed by atoms with Crippen LogP contribution in [0.3, 0.4) is 0 Å². The third kappa shape index (κ3) is 4.59. The van der Waals surface area contributed by atoms with E-state index in [2.05, 4.69) is 20.2 Å². The van der Waals surface area contributed by atoms with Crippen molar-refractivity contribution in [3.63, 3.8) is 0 Å². The maximum Gasteiger partial charge on any atom is 0.270 e. The Labute approximate surface area is 145 Å². The molecule has 0 aliphatic carbocycles. The normalized spacial score (nSPS) is 12.8. The number of hydrogen-bond acceptors (Lipinski definition) is 6. The van der Waals surface area contributed by atoms with E-state index in [1.165, 1.54) is 0 Å². The summed E-state index contributed by atoms with van der Waals surface area (Å²) in [5.41, 5.74) is 1.33. The first-order valence-corrected chi connectivity index (χ1v) is 9.86. The van der Waals surface area contributed by atoms with Gasteiger partial charge < -0.3 is 0 Å². The van der Waals surface area contributed by atoms with E-state index < -0.39 is 10.0 Å². The molecule has 0 saturated heterocycles. The molecule has 1 amide bonds. The first kappa shape index (κ1) is 18.5. The largest absolute Gasteiger partial charge is 0.296 e. The molecule has 7 nitrogen and oxygen atoms in total. The van der Waals surface area contributed by atoms with Gasteiger partial charge in [0.25, 0.3) is 15.9 Å². The molecule has 2 rings (SSSR count). The summed E-state index contributed by atoms with van der Waals surface area (Å²) < 4.78 is 26.8. The van der Waals surface area contributed by atoms with E-state index in [9.17, 15) is 13.2 Å². The number of amides is 1. The molecule has 0 radical (unpaired) electrons. The summed E-state index contributed by atoms with van der Waals surface area (Å²) in [5, 5.41) is 10.2. The Hall–Kier alpha value is -1.84. The molecular weight excluding hydrogens is 348 g/mol. The van der Waals surface area contributed by atoms with Crippen LogP contribution < -0.4 is 10.0 Å². The molecule has 1 heterocycles. The number of aromatic nitrogens is 2. The summed E-state index contributed by atoms with van der Waals surface area (Å²) >= 11 is 0.824. The molecule has 2 N–H and O–H groups in total. The lowest BCUT2D eigenvalue weighted by molar-refractivity contribution is 0.102. The van der Waals surface area contributed by atoms with Crippen molar-refractivity contribution in [2.24, 2.45) is 0 Å². The number of sulfonamides is 1. The van der Waals surface area contributed by atoms with Gasteiger partial charge in [0, 0.05) is 11.6 Å². The summed E-state index contributed by atoms with van der Waals surface area (Å²) in [4.78, 5) is 12.2. The van der Waals surface area contributed by atoms with E-state index in [1.807, 2.05) is 26.0 Å². The van der Waals surface area contributed by atoms with Gasteiger partial charge >= 0.3 is 0 Å². The molecule has 1 atom stereocenters. The van der Waals surface area contributed by atoms with Crippen LogP contribution in [-0.4, -0.2) is 30.6 Å². The molecule has 0 spiro atoms. The van der Waals surface area contributed by atoms with Crippen molar-refractivity contribution >= 4 is 32.4 Å². The quantitative estimate of drug-likeness (QED) is 0.732. The van der Waals surface area contributed by atoms with Crippen molar-refractivity contribution in [2.75, 3.05) is 5.32 Å². The van der Waals surface area contributed by atoms with Gasteiger partial charge in [-0.3, -0.25) is 10.1 Å². The fourth-order valence-corrected chi connectivity index (χ4v) is 4.36. The Morgan fingerprint density at radius 3 is 2.67 bits per heavy atom. The standard InChI is InChI=1S/C15H20N4O3S2/c1-4-7-11(3)19-24(21,22)15-18-17-14(23-15)16-13(20)12-9-6-5-8-10(12)2/h5-6,8-9,11,19H,4,7H2,1-3H3,(H,16,17,20)/t11-/m0/s1. The summed E-state index contributed by atoms with van der Waals surface area (Å²) in [7, 11) is -3.73. The fourth-order valence-electron chi connectivity index (χ4n) is 2.17. The number of rotatable bonds is 7. The van der Waals surface area contributed by atoms with E-state index in [4.69, 9.17) is 0 Å². The van der Waals surface area contributed by atoms with Crippen molar-refractivity contribution in [2.45, 2.75) is 44.0 Å². The van der Waals surface area contributed by atoms with Crippen LogP contribution in [0.5, 0.6) is 0 Å². The molecule has 0 aliphatic heterocycles. The van der Waals surface area contributed by atoms with Gasteiger partial charge in [0.05, 0.1) is 0 Å². The van der Waals surface area contributed by atoms with Crippen LogP contribution >= 0.6 is 11.3 Å². The highest BCUT2D eigenvalue weighted by Gasteiger charge is 2.23.